The Morgan fingerprint density at radius 1 is 1.15 bits per heavy atom. The van der Waals surface area contributed by atoms with Crippen molar-refractivity contribution < 1.29 is 8.42 Å². The second kappa shape index (κ2) is 8.14. The first kappa shape index (κ1) is 19.4. The summed E-state index contributed by atoms with van der Waals surface area (Å²) in [6, 6.07) is 14.3. The Morgan fingerprint density at radius 2 is 1.85 bits per heavy atom. The summed E-state index contributed by atoms with van der Waals surface area (Å²) in [6.45, 7) is 4.24. The fourth-order valence-electron chi connectivity index (χ4n) is 2.52. The lowest BCUT2D eigenvalue weighted by molar-refractivity contribution is 0.601. The van der Waals surface area contributed by atoms with Crippen LogP contribution in [-0.2, 0) is 17.1 Å². The number of anilines is 1. The van der Waals surface area contributed by atoms with E-state index in [1.165, 1.54) is 11.8 Å². The van der Waals surface area contributed by atoms with E-state index in [2.05, 4.69) is 28.8 Å². The molecular formula is C19H22N4O2S2. The molecule has 0 fully saturated rings. The van der Waals surface area contributed by atoms with Crippen molar-refractivity contribution in [3.05, 3.63) is 60.4 Å². The van der Waals surface area contributed by atoms with Crippen molar-refractivity contribution in [1.29, 1.82) is 0 Å². The largest absolute Gasteiger partial charge is 0.311 e. The van der Waals surface area contributed by atoms with Crippen LogP contribution in [0.15, 0.2) is 69.8 Å². The Hall–Kier alpha value is -2.32. The third-order valence-electron chi connectivity index (χ3n) is 4.37. The lowest BCUT2D eigenvalue weighted by atomic mass is 9.99. The lowest BCUT2D eigenvalue weighted by Gasteiger charge is -2.13. The van der Waals surface area contributed by atoms with Gasteiger partial charge < -0.3 is 4.57 Å². The molecule has 8 heteroatoms. The molecule has 0 spiro atoms. The van der Waals surface area contributed by atoms with Gasteiger partial charge in [-0.15, -0.1) is 10.2 Å². The molecule has 0 aliphatic carbocycles. The van der Waals surface area contributed by atoms with Gasteiger partial charge in [0.15, 0.2) is 5.16 Å². The molecule has 1 unspecified atom stereocenters. The van der Waals surface area contributed by atoms with E-state index in [-0.39, 0.29) is 4.90 Å². The van der Waals surface area contributed by atoms with Gasteiger partial charge >= 0.3 is 0 Å². The van der Waals surface area contributed by atoms with Crippen LogP contribution >= 0.6 is 11.8 Å². The predicted molar refractivity (Wildman–Crippen MR) is 108 cm³/mol. The zero-order valence-corrected chi connectivity index (χ0v) is 17.1. The van der Waals surface area contributed by atoms with Crippen LogP contribution in [0.1, 0.15) is 31.7 Å². The smallest absolute Gasteiger partial charge is 0.261 e. The Labute approximate surface area is 164 Å². The monoisotopic (exact) mass is 402 g/mol. The van der Waals surface area contributed by atoms with E-state index in [1.54, 1.807) is 35.2 Å². The Kier molecular flexibility index (Phi) is 5.86. The molecule has 0 saturated heterocycles. The molecule has 1 atom stereocenters. The van der Waals surface area contributed by atoms with Crippen molar-refractivity contribution in [2.24, 2.45) is 7.05 Å². The van der Waals surface area contributed by atoms with Crippen molar-refractivity contribution in [2.75, 3.05) is 4.72 Å². The van der Waals surface area contributed by atoms with Crippen LogP contribution in [0, 0.1) is 0 Å². The summed E-state index contributed by atoms with van der Waals surface area (Å²) < 4.78 is 30.1. The van der Waals surface area contributed by atoms with E-state index < -0.39 is 10.0 Å². The predicted octanol–water partition coefficient (Wildman–Crippen LogP) is 4.28. The van der Waals surface area contributed by atoms with Gasteiger partial charge in [0.05, 0.1) is 10.6 Å². The number of hydrogen-bond donors (Lipinski definition) is 1. The molecule has 3 rings (SSSR count). The average molecular weight is 403 g/mol. The van der Waals surface area contributed by atoms with Crippen LogP contribution in [0.3, 0.4) is 0 Å². The average Bonchev–Trinajstić information content (AvgIpc) is 3.07. The molecule has 1 heterocycles. The number of hydrogen-bond acceptors (Lipinski definition) is 5. The highest BCUT2D eigenvalue weighted by molar-refractivity contribution is 7.99. The van der Waals surface area contributed by atoms with Crippen LogP contribution in [0.4, 0.5) is 5.69 Å². The van der Waals surface area contributed by atoms with Gasteiger partial charge in [0.25, 0.3) is 10.0 Å². The minimum Gasteiger partial charge on any atom is -0.311 e. The van der Waals surface area contributed by atoms with E-state index in [0.29, 0.717) is 16.8 Å². The highest BCUT2D eigenvalue weighted by Crippen LogP contribution is 2.33. The number of aromatic nitrogens is 3. The van der Waals surface area contributed by atoms with Crippen molar-refractivity contribution in [1.82, 2.24) is 14.8 Å². The minimum atomic E-state index is -3.68. The van der Waals surface area contributed by atoms with Crippen molar-refractivity contribution in [3.8, 4) is 0 Å². The quantitative estimate of drug-likeness (QED) is 0.638. The number of benzene rings is 2. The zero-order chi connectivity index (χ0) is 19.4. The molecule has 0 radical (unpaired) electrons. The maximum absolute atomic E-state index is 12.8. The lowest BCUT2D eigenvalue weighted by Crippen LogP contribution is -2.13. The number of rotatable bonds is 7. The first-order valence-electron chi connectivity index (χ1n) is 8.64. The van der Waals surface area contributed by atoms with Gasteiger partial charge in [-0.05, 0) is 53.9 Å². The molecule has 3 aromatic rings. The number of sulfonamides is 1. The van der Waals surface area contributed by atoms with E-state index in [1.807, 2.05) is 31.3 Å². The van der Waals surface area contributed by atoms with E-state index >= 15 is 0 Å². The van der Waals surface area contributed by atoms with Crippen LogP contribution < -0.4 is 4.72 Å². The molecule has 1 aromatic heterocycles. The molecule has 142 valence electrons. The van der Waals surface area contributed by atoms with Gasteiger partial charge in [-0.2, -0.15) is 0 Å². The molecule has 27 heavy (non-hydrogen) atoms. The molecule has 0 aliphatic heterocycles. The maximum Gasteiger partial charge on any atom is 0.261 e. The summed E-state index contributed by atoms with van der Waals surface area (Å²) in [4.78, 5) is 1.00. The highest BCUT2D eigenvalue weighted by atomic mass is 32.2. The first-order valence-corrected chi connectivity index (χ1v) is 10.9. The standard InChI is InChI=1S/C19H22N4O2S2/c1-4-14(2)15-9-11-16(12-10-15)27(24,25)22-17-7-5-6-8-18(17)26-19-21-20-13-23(19)3/h5-14,22H,4H2,1-3H3. The molecule has 0 saturated carbocycles. The van der Waals surface area contributed by atoms with Gasteiger partial charge in [-0.25, -0.2) is 8.42 Å². The number of nitrogens with one attached hydrogen (secondary N) is 1. The Balaban J connectivity index is 1.85. The van der Waals surface area contributed by atoms with Crippen LogP contribution in [0.2, 0.25) is 0 Å². The fraction of sp³-hybridized carbons (Fsp3) is 0.263. The van der Waals surface area contributed by atoms with Crippen LogP contribution in [0.5, 0.6) is 0 Å². The summed E-state index contributed by atoms with van der Waals surface area (Å²) in [6.07, 6.45) is 2.62. The molecule has 1 N–H and O–H groups in total. The van der Waals surface area contributed by atoms with Gasteiger partial charge in [-0.1, -0.05) is 38.1 Å². The third kappa shape index (κ3) is 4.51. The van der Waals surface area contributed by atoms with Gasteiger partial charge in [0.1, 0.15) is 6.33 Å². The van der Waals surface area contributed by atoms with Crippen molar-refractivity contribution in [3.63, 3.8) is 0 Å². The zero-order valence-electron chi connectivity index (χ0n) is 15.5. The van der Waals surface area contributed by atoms with Gasteiger partial charge in [0, 0.05) is 11.9 Å². The Bertz CT molecular complexity index is 1010. The van der Waals surface area contributed by atoms with Crippen molar-refractivity contribution >= 4 is 27.5 Å². The molecule has 0 aliphatic rings. The number of nitrogens with zero attached hydrogens (tertiary/aromatic N) is 3. The summed E-state index contributed by atoms with van der Waals surface area (Å²) in [7, 11) is -1.84. The van der Waals surface area contributed by atoms with E-state index in [0.717, 1.165) is 16.9 Å². The first-order chi connectivity index (χ1) is 12.9. The van der Waals surface area contributed by atoms with E-state index in [4.69, 9.17) is 0 Å². The summed E-state index contributed by atoms with van der Waals surface area (Å²) in [5.74, 6) is 0.401. The summed E-state index contributed by atoms with van der Waals surface area (Å²) in [5, 5.41) is 8.57. The second-order valence-corrected chi connectivity index (χ2v) is 9.00. The normalized spacial score (nSPS) is 12.7. The highest BCUT2D eigenvalue weighted by Gasteiger charge is 2.17. The maximum atomic E-state index is 12.8. The molecule has 6 nitrogen and oxygen atoms in total. The van der Waals surface area contributed by atoms with Gasteiger partial charge in [0.2, 0.25) is 0 Å². The third-order valence-corrected chi connectivity index (χ3v) is 6.88. The molecule has 0 bridgehead atoms. The summed E-state index contributed by atoms with van der Waals surface area (Å²) >= 11 is 1.36. The molecular weight excluding hydrogens is 380 g/mol. The fourth-order valence-corrected chi connectivity index (χ4v) is 4.51. The number of aryl methyl sites for hydroxylation is 1. The summed E-state index contributed by atoms with van der Waals surface area (Å²) in [5.41, 5.74) is 1.64. The van der Waals surface area contributed by atoms with Crippen LogP contribution in [0.25, 0.3) is 0 Å². The molecule has 0 amide bonds. The topological polar surface area (TPSA) is 76.9 Å². The number of para-hydroxylation sites is 1. The molecule has 2 aromatic carbocycles. The Morgan fingerprint density at radius 3 is 2.48 bits per heavy atom. The van der Waals surface area contributed by atoms with Gasteiger partial charge in [-0.3, -0.25) is 4.72 Å². The minimum absolute atomic E-state index is 0.244. The van der Waals surface area contributed by atoms with Crippen molar-refractivity contribution in [2.45, 2.75) is 41.1 Å². The van der Waals surface area contributed by atoms with Crippen LogP contribution in [-0.4, -0.2) is 23.2 Å². The second-order valence-electron chi connectivity index (χ2n) is 6.31. The SMILES string of the molecule is CCC(C)c1ccc(S(=O)(=O)Nc2ccccc2Sc2nncn2C)cc1. The van der Waals surface area contributed by atoms with E-state index in [9.17, 15) is 8.42 Å².